The number of primary amides is 1. The van der Waals surface area contributed by atoms with E-state index in [2.05, 4.69) is 47.0 Å². The van der Waals surface area contributed by atoms with Crippen LogP contribution >= 0.6 is 0 Å². The number of anilines is 1. The molecule has 26 heavy (non-hydrogen) atoms. The van der Waals surface area contributed by atoms with Crippen LogP contribution in [0.15, 0.2) is 30.5 Å². The molecule has 3 heterocycles. The zero-order valence-corrected chi connectivity index (χ0v) is 15.1. The number of benzene rings is 1. The van der Waals surface area contributed by atoms with Crippen LogP contribution in [0.2, 0.25) is 0 Å². The summed E-state index contributed by atoms with van der Waals surface area (Å²) in [7, 11) is 2.07. The number of carbonyl (C=O) groups is 1. The third-order valence-corrected chi connectivity index (χ3v) is 6.21. The molecule has 5 heteroatoms. The van der Waals surface area contributed by atoms with Gasteiger partial charge >= 0.3 is 0 Å². The van der Waals surface area contributed by atoms with Crippen LogP contribution in [0.25, 0.3) is 22.2 Å². The summed E-state index contributed by atoms with van der Waals surface area (Å²) in [6.45, 7) is 3.21. The number of hydrogen-bond acceptors (Lipinski definition) is 3. The number of nitrogens with two attached hydrogens (primary N) is 1. The highest BCUT2D eigenvalue weighted by Gasteiger charge is 2.51. The summed E-state index contributed by atoms with van der Waals surface area (Å²) in [5, 5.41) is 4.55. The van der Waals surface area contributed by atoms with Crippen LogP contribution in [-0.4, -0.2) is 22.0 Å². The number of rotatable bonds is 3. The highest BCUT2D eigenvalue weighted by molar-refractivity contribution is 5.92. The van der Waals surface area contributed by atoms with Gasteiger partial charge in [-0.25, -0.2) is 0 Å². The lowest BCUT2D eigenvalue weighted by Crippen LogP contribution is -2.29. The summed E-state index contributed by atoms with van der Waals surface area (Å²) < 4.78 is 2.19. The summed E-state index contributed by atoms with van der Waals surface area (Å²) in [5.41, 5.74) is 13.4. The van der Waals surface area contributed by atoms with Gasteiger partial charge in [0.15, 0.2) is 0 Å². The normalized spacial score (nSPS) is 17.2. The van der Waals surface area contributed by atoms with E-state index in [0.29, 0.717) is 0 Å². The minimum absolute atomic E-state index is 0.262. The Hall–Kier alpha value is -2.82. The molecule has 1 aromatic carbocycles. The number of nitrogens with zero attached hydrogens (tertiary/aromatic N) is 2. The van der Waals surface area contributed by atoms with Crippen molar-refractivity contribution in [2.24, 2.45) is 12.8 Å². The van der Waals surface area contributed by atoms with Crippen molar-refractivity contribution in [1.82, 2.24) is 9.55 Å². The van der Waals surface area contributed by atoms with Crippen molar-refractivity contribution in [3.8, 4) is 11.3 Å². The number of carbonyl (C=O) groups excluding carboxylic acids is 1. The Kier molecular flexibility index (Phi) is 3.03. The second-order valence-corrected chi connectivity index (χ2v) is 7.60. The van der Waals surface area contributed by atoms with Gasteiger partial charge in [0.2, 0.25) is 5.91 Å². The molecule has 2 aromatic heterocycles. The van der Waals surface area contributed by atoms with E-state index in [4.69, 9.17) is 5.73 Å². The first-order valence-corrected chi connectivity index (χ1v) is 9.14. The predicted molar refractivity (Wildman–Crippen MR) is 103 cm³/mol. The predicted octanol–water partition coefficient (Wildman–Crippen LogP) is 3.03. The van der Waals surface area contributed by atoms with Crippen LogP contribution in [0, 0.1) is 6.92 Å². The van der Waals surface area contributed by atoms with Crippen molar-refractivity contribution >= 4 is 22.5 Å². The Balaban J connectivity index is 1.66. The van der Waals surface area contributed by atoms with Gasteiger partial charge in [0.1, 0.15) is 0 Å². The summed E-state index contributed by atoms with van der Waals surface area (Å²) in [6.07, 6.45) is 4.56. The second-order valence-electron chi connectivity index (χ2n) is 7.60. The standard InChI is InChI=1S/C21H22N4O/c1-12-14-5-8-23-16(14)4-3-15(12)17-9-13-10-19(21(6-7-21)20(22)26)24-11-18(13)25(17)2/h3-4,9-11,23H,5-8H2,1-2H3,(H2,22,26). The molecule has 1 fully saturated rings. The smallest absolute Gasteiger partial charge is 0.229 e. The van der Waals surface area contributed by atoms with Crippen LogP contribution in [0.3, 0.4) is 0 Å². The molecule has 5 rings (SSSR count). The summed E-state index contributed by atoms with van der Waals surface area (Å²) in [4.78, 5) is 16.4. The van der Waals surface area contributed by atoms with Crippen molar-refractivity contribution in [1.29, 1.82) is 0 Å². The number of fused-ring (bicyclic) bond motifs is 2. The van der Waals surface area contributed by atoms with Crippen LogP contribution in [0.1, 0.15) is 29.7 Å². The van der Waals surface area contributed by atoms with Gasteiger partial charge in [-0.15, -0.1) is 0 Å². The molecule has 0 unspecified atom stereocenters. The van der Waals surface area contributed by atoms with Crippen molar-refractivity contribution in [3.05, 3.63) is 47.3 Å². The quantitative estimate of drug-likeness (QED) is 0.766. The number of hydrogen-bond donors (Lipinski definition) is 2. The zero-order chi connectivity index (χ0) is 18.1. The summed E-state index contributed by atoms with van der Waals surface area (Å²) in [6, 6.07) is 8.62. The van der Waals surface area contributed by atoms with E-state index in [1.54, 1.807) is 0 Å². The Morgan fingerprint density at radius 2 is 2.12 bits per heavy atom. The van der Waals surface area contributed by atoms with Gasteiger partial charge in [0.25, 0.3) is 0 Å². The van der Waals surface area contributed by atoms with E-state index >= 15 is 0 Å². The molecule has 0 bridgehead atoms. The van der Waals surface area contributed by atoms with Gasteiger partial charge in [-0.3, -0.25) is 9.78 Å². The van der Waals surface area contributed by atoms with Gasteiger partial charge in [-0.1, -0.05) is 6.07 Å². The third-order valence-electron chi connectivity index (χ3n) is 6.21. The van der Waals surface area contributed by atoms with Crippen molar-refractivity contribution in [3.63, 3.8) is 0 Å². The van der Waals surface area contributed by atoms with E-state index < -0.39 is 5.41 Å². The second kappa shape index (κ2) is 5.10. The van der Waals surface area contributed by atoms with Gasteiger partial charge in [0.05, 0.1) is 22.8 Å². The fourth-order valence-corrected chi connectivity index (χ4v) is 4.35. The maximum atomic E-state index is 11.8. The first-order chi connectivity index (χ1) is 12.5. The van der Waals surface area contributed by atoms with Crippen molar-refractivity contribution < 1.29 is 4.79 Å². The van der Waals surface area contributed by atoms with Crippen LogP contribution < -0.4 is 11.1 Å². The molecule has 1 aliphatic heterocycles. The van der Waals surface area contributed by atoms with E-state index in [-0.39, 0.29) is 5.91 Å². The minimum atomic E-state index is -0.542. The lowest BCUT2D eigenvalue weighted by Gasteiger charge is -2.12. The summed E-state index contributed by atoms with van der Waals surface area (Å²) >= 11 is 0. The molecular formula is C21H22N4O. The van der Waals surface area contributed by atoms with Crippen molar-refractivity contribution in [2.45, 2.75) is 31.6 Å². The first-order valence-electron chi connectivity index (χ1n) is 9.14. The average molecular weight is 346 g/mol. The molecule has 2 aliphatic rings. The van der Waals surface area contributed by atoms with Crippen LogP contribution in [0.5, 0.6) is 0 Å². The molecule has 1 amide bonds. The number of aromatic nitrogens is 2. The maximum Gasteiger partial charge on any atom is 0.229 e. The fraction of sp³-hybridized carbons (Fsp3) is 0.333. The third kappa shape index (κ3) is 1.97. The van der Waals surface area contributed by atoms with Crippen LogP contribution in [0.4, 0.5) is 5.69 Å². The largest absolute Gasteiger partial charge is 0.384 e. The highest BCUT2D eigenvalue weighted by atomic mass is 16.1. The average Bonchev–Trinajstić information content (AvgIpc) is 3.20. The molecule has 3 N–H and O–H groups in total. The monoisotopic (exact) mass is 346 g/mol. The van der Waals surface area contributed by atoms with E-state index in [1.807, 2.05) is 12.3 Å². The lowest BCUT2D eigenvalue weighted by molar-refractivity contribution is -0.120. The Morgan fingerprint density at radius 1 is 1.31 bits per heavy atom. The number of nitrogens with one attached hydrogen (secondary N) is 1. The molecule has 0 spiro atoms. The zero-order valence-electron chi connectivity index (χ0n) is 15.1. The maximum absolute atomic E-state index is 11.8. The molecule has 1 saturated carbocycles. The minimum Gasteiger partial charge on any atom is -0.384 e. The SMILES string of the molecule is Cc1c(-c2cc3cc(C4(C(N)=O)CC4)ncc3n2C)ccc2c1CCN2. The topological polar surface area (TPSA) is 72.9 Å². The molecular weight excluding hydrogens is 324 g/mol. The van der Waals surface area contributed by atoms with E-state index in [1.165, 1.54) is 28.1 Å². The number of pyridine rings is 1. The fourth-order valence-electron chi connectivity index (χ4n) is 4.35. The van der Waals surface area contributed by atoms with Gasteiger partial charge < -0.3 is 15.6 Å². The first kappa shape index (κ1) is 15.4. The van der Waals surface area contributed by atoms with Crippen LogP contribution in [-0.2, 0) is 23.7 Å². The van der Waals surface area contributed by atoms with Gasteiger partial charge in [0, 0.05) is 35.9 Å². The van der Waals surface area contributed by atoms with Gasteiger partial charge in [-0.05, 0) is 55.5 Å². The van der Waals surface area contributed by atoms with E-state index in [9.17, 15) is 4.79 Å². The molecule has 0 radical (unpaired) electrons. The molecule has 5 nitrogen and oxygen atoms in total. The molecule has 0 saturated heterocycles. The van der Waals surface area contributed by atoms with Gasteiger partial charge in [-0.2, -0.15) is 0 Å². The lowest BCUT2D eigenvalue weighted by atomic mass is 9.97. The Bertz CT molecular complexity index is 1080. The number of amides is 1. The molecule has 0 atom stereocenters. The number of aryl methyl sites for hydroxylation is 1. The molecule has 132 valence electrons. The highest BCUT2D eigenvalue weighted by Crippen LogP contribution is 2.47. The molecule has 1 aliphatic carbocycles. The van der Waals surface area contributed by atoms with E-state index in [0.717, 1.165) is 42.4 Å². The Morgan fingerprint density at radius 3 is 2.85 bits per heavy atom. The van der Waals surface area contributed by atoms with Crippen molar-refractivity contribution in [2.75, 3.05) is 11.9 Å². The molecule has 3 aromatic rings. The summed E-state index contributed by atoms with van der Waals surface area (Å²) in [5.74, 6) is -0.262. The Labute approximate surface area is 152 Å².